The summed E-state index contributed by atoms with van der Waals surface area (Å²) in [5.41, 5.74) is 0. The van der Waals surface area contributed by atoms with Gasteiger partial charge in [0.25, 0.3) is 0 Å². The van der Waals surface area contributed by atoms with E-state index in [4.69, 9.17) is 5.11 Å². The van der Waals surface area contributed by atoms with E-state index in [1.165, 1.54) is 0 Å². The van der Waals surface area contributed by atoms with Gasteiger partial charge in [0.15, 0.2) is 0 Å². The van der Waals surface area contributed by atoms with Crippen molar-refractivity contribution in [3.63, 3.8) is 0 Å². The lowest BCUT2D eigenvalue weighted by molar-refractivity contribution is -0.137. The minimum atomic E-state index is -0.816. The van der Waals surface area contributed by atoms with E-state index in [1.54, 1.807) is 11.9 Å². The van der Waals surface area contributed by atoms with E-state index in [-0.39, 0.29) is 18.5 Å². The number of carboxylic acid groups (broad SMARTS) is 1. The molecule has 0 spiro atoms. The van der Waals surface area contributed by atoms with E-state index in [2.05, 4.69) is 11.9 Å². The maximum absolute atomic E-state index is 12.2. The zero-order valence-corrected chi connectivity index (χ0v) is 11.4. The van der Waals surface area contributed by atoms with Crippen LogP contribution in [0.25, 0.3) is 0 Å². The van der Waals surface area contributed by atoms with Crippen LogP contribution in [0.2, 0.25) is 0 Å². The lowest BCUT2D eigenvalue weighted by Gasteiger charge is -2.40. The third-order valence-corrected chi connectivity index (χ3v) is 3.29. The molecule has 104 valence electrons. The van der Waals surface area contributed by atoms with E-state index < -0.39 is 5.97 Å². The first-order chi connectivity index (χ1) is 8.41. The molecule has 2 amide bonds. The van der Waals surface area contributed by atoms with Gasteiger partial charge < -0.3 is 19.8 Å². The number of carbonyl (C=O) groups is 2. The quantitative estimate of drug-likeness (QED) is 0.798. The van der Waals surface area contributed by atoms with Crippen LogP contribution in [0, 0.1) is 0 Å². The van der Waals surface area contributed by atoms with E-state index in [0.29, 0.717) is 13.0 Å². The molecule has 6 nitrogen and oxygen atoms in total. The lowest BCUT2D eigenvalue weighted by Crippen LogP contribution is -2.55. The molecule has 1 atom stereocenters. The van der Waals surface area contributed by atoms with E-state index in [9.17, 15) is 9.59 Å². The SMILES string of the molecule is CC1CN(C)CCN1C(=O)N(C)CCCC(=O)O. The highest BCUT2D eigenvalue weighted by molar-refractivity contribution is 5.74. The molecule has 1 heterocycles. The molecule has 0 aromatic heterocycles. The van der Waals surface area contributed by atoms with Crippen LogP contribution < -0.4 is 0 Å². The van der Waals surface area contributed by atoms with Crippen LogP contribution in [0.1, 0.15) is 19.8 Å². The van der Waals surface area contributed by atoms with Gasteiger partial charge in [-0.3, -0.25) is 4.79 Å². The van der Waals surface area contributed by atoms with Gasteiger partial charge >= 0.3 is 12.0 Å². The molecule has 1 fully saturated rings. The van der Waals surface area contributed by atoms with Crippen LogP contribution in [-0.2, 0) is 4.79 Å². The average molecular weight is 257 g/mol. The number of urea groups is 1. The first kappa shape index (κ1) is 14.8. The molecule has 0 radical (unpaired) electrons. The summed E-state index contributed by atoms with van der Waals surface area (Å²) >= 11 is 0. The van der Waals surface area contributed by atoms with Gasteiger partial charge in [0, 0.05) is 45.7 Å². The third-order valence-electron chi connectivity index (χ3n) is 3.29. The Balaban J connectivity index is 2.40. The Labute approximate surface area is 108 Å². The number of carbonyl (C=O) groups excluding carboxylic acids is 1. The van der Waals surface area contributed by atoms with Crippen LogP contribution in [0.15, 0.2) is 0 Å². The number of hydrogen-bond donors (Lipinski definition) is 1. The van der Waals surface area contributed by atoms with Crippen LogP contribution >= 0.6 is 0 Å². The van der Waals surface area contributed by atoms with Gasteiger partial charge in [0.1, 0.15) is 0 Å². The predicted octanol–water partition coefficient (Wildman–Crippen LogP) is 0.539. The van der Waals surface area contributed by atoms with Crippen molar-refractivity contribution < 1.29 is 14.7 Å². The molecule has 0 saturated carbocycles. The summed E-state index contributed by atoms with van der Waals surface area (Å²) in [5.74, 6) is -0.816. The maximum Gasteiger partial charge on any atom is 0.320 e. The molecule has 0 aromatic rings. The zero-order chi connectivity index (χ0) is 13.7. The molecule has 1 N–H and O–H groups in total. The van der Waals surface area contributed by atoms with Crippen molar-refractivity contribution in [1.82, 2.24) is 14.7 Å². The molecular formula is C12H23N3O3. The monoisotopic (exact) mass is 257 g/mol. The van der Waals surface area contributed by atoms with Gasteiger partial charge in [-0.05, 0) is 20.4 Å². The fourth-order valence-corrected chi connectivity index (χ4v) is 2.21. The summed E-state index contributed by atoms with van der Waals surface area (Å²) in [6.07, 6.45) is 0.607. The van der Waals surface area contributed by atoms with Crippen molar-refractivity contribution in [3.8, 4) is 0 Å². The predicted molar refractivity (Wildman–Crippen MR) is 68.6 cm³/mol. The van der Waals surface area contributed by atoms with Crippen molar-refractivity contribution in [3.05, 3.63) is 0 Å². The summed E-state index contributed by atoms with van der Waals surface area (Å²) < 4.78 is 0. The average Bonchev–Trinajstić information content (AvgIpc) is 2.27. The first-order valence-corrected chi connectivity index (χ1v) is 6.34. The minimum Gasteiger partial charge on any atom is -0.481 e. The van der Waals surface area contributed by atoms with Gasteiger partial charge in [0.05, 0.1) is 0 Å². The second-order valence-corrected chi connectivity index (χ2v) is 5.01. The van der Waals surface area contributed by atoms with Gasteiger partial charge in [-0.15, -0.1) is 0 Å². The smallest absolute Gasteiger partial charge is 0.320 e. The molecule has 1 rings (SSSR count). The summed E-state index contributed by atoms with van der Waals surface area (Å²) in [6, 6.07) is 0.208. The molecule has 0 aromatic carbocycles. The molecule has 1 unspecified atom stereocenters. The molecule has 6 heteroatoms. The summed E-state index contributed by atoms with van der Waals surface area (Å²) in [7, 11) is 3.78. The fraction of sp³-hybridized carbons (Fsp3) is 0.833. The normalized spacial score (nSPS) is 20.8. The molecule has 0 bridgehead atoms. The molecule has 1 aliphatic rings. The van der Waals surface area contributed by atoms with E-state index >= 15 is 0 Å². The summed E-state index contributed by atoms with van der Waals surface area (Å²) in [6.45, 7) is 5.04. The Kier molecular flexibility index (Phi) is 5.40. The number of hydrogen-bond acceptors (Lipinski definition) is 3. The summed E-state index contributed by atoms with van der Waals surface area (Å²) in [4.78, 5) is 28.3. The number of carboxylic acids is 1. The fourth-order valence-electron chi connectivity index (χ4n) is 2.21. The Bertz CT molecular complexity index is 309. The van der Waals surface area contributed by atoms with Crippen LogP contribution in [0.3, 0.4) is 0 Å². The second-order valence-electron chi connectivity index (χ2n) is 5.01. The largest absolute Gasteiger partial charge is 0.481 e. The number of likely N-dealkylation sites (N-methyl/N-ethyl adjacent to an activating group) is 1. The standard InChI is InChI=1S/C12H23N3O3/c1-10-9-13(2)7-8-15(10)12(18)14(3)6-4-5-11(16)17/h10H,4-9H2,1-3H3,(H,16,17). The molecule has 1 saturated heterocycles. The van der Waals surface area contributed by atoms with Gasteiger partial charge in [-0.1, -0.05) is 0 Å². The topological polar surface area (TPSA) is 64.1 Å². The molecule has 18 heavy (non-hydrogen) atoms. The van der Waals surface area contributed by atoms with E-state index in [1.807, 2.05) is 11.8 Å². The van der Waals surface area contributed by atoms with Crippen molar-refractivity contribution in [1.29, 1.82) is 0 Å². The summed E-state index contributed by atoms with van der Waals surface area (Å²) in [5, 5.41) is 8.57. The zero-order valence-electron chi connectivity index (χ0n) is 11.4. The lowest BCUT2D eigenvalue weighted by atomic mass is 10.2. The number of aliphatic carboxylic acids is 1. The highest BCUT2D eigenvalue weighted by Crippen LogP contribution is 2.10. The first-order valence-electron chi connectivity index (χ1n) is 6.34. The van der Waals surface area contributed by atoms with Crippen LogP contribution in [0.4, 0.5) is 4.79 Å². The van der Waals surface area contributed by atoms with Gasteiger partial charge in [-0.2, -0.15) is 0 Å². The molecule has 0 aliphatic carbocycles. The Morgan fingerprint density at radius 1 is 1.39 bits per heavy atom. The van der Waals surface area contributed by atoms with E-state index in [0.717, 1.165) is 19.6 Å². The third kappa shape index (κ3) is 4.18. The van der Waals surface area contributed by atoms with Crippen LogP contribution in [0.5, 0.6) is 0 Å². The van der Waals surface area contributed by atoms with Gasteiger partial charge in [-0.25, -0.2) is 4.79 Å². The Hall–Kier alpha value is -1.30. The maximum atomic E-state index is 12.2. The van der Waals surface area contributed by atoms with Crippen LogP contribution in [-0.4, -0.2) is 78.1 Å². The highest BCUT2D eigenvalue weighted by Gasteiger charge is 2.27. The minimum absolute atomic E-state index is 0.000916. The van der Waals surface area contributed by atoms with Gasteiger partial charge in [0.2, 0.25) is 0 Å². The highest BCUT2D eigenvalue weighted by atomic mass is 16.4. The number of amides is 2. The second kappa shape index (κ2) is 6.58. The molecular weight excluding hydrogens is 234 g/mol. The number of rotatable bonds is 4. The number of nitrogens with zero attached hydrogens (tertiary/aromatic N) is 3. The number of piperazine rings is 1. The van der Waals surface area contributed by atoms with Crippen molar-refractivity contribution in [2.45, 2.75) is 25.8 Å². The Morgan fingerprint density at radius 2 is 2.06 bits per heavy atom. The Morgan fingerprint density at radius 3 is 2.61 bits per heavy atom. The van der Waals surface area contributed by atoms with Crippen molar-refractivity contribution >= 4 is 12.0 Å². The van der Waals surface area contributed by atoms with Crippen molar-refractivity contribution in [2.75, 3.05) is 40.3 Å². The van der Waals surface area contributed by atoms with Crippen molar-refractivity contribution in [2.24, 2.45) is 0 Å². The molecule has 1 aliphatic heterocycles.